The van der Waals surface area contributed by atoms with Gasteiger partial charge in [0.25, 0.3) is 5.91 Å². The van der Waals surface area contributed by atoms with Crippen LogP contribution in [0.2, 0.25) is 0 Å². The lowest BCUT2D eigenvalue weighted by molar-refractivity contribution is 0.0945. The minimum absolute atomic E-state index is 0.259. The van der Waals surface area contributed by atoms with E-state index in [-0.39, 0.29) is 5.91 Å². The minimum Gasteiger partial charge on any atom is -0.345 e. The number of anilines is 2. The molecule has 1 aromatic carbocycles. The maximum absolute atomic E-state index is 12.4. The van der Waals surface area contributed by atoms with Gasteiger partial charge in [0.05, 0.1) is 12.2 Å². The van der Waals surface area contributed by atoms with Crippen molar-refractivity contribution in [3.8, 4) is 0 Å². The summed E-state index contributed by atoms with van der Waals surface area (Å²) in [7, 11) is 0. The number of amides is 1. The van der Waals surface area contributed by atoms with Crippen LogP contribution in [0.15, 0.2) is 55.0 Å². The molecule has 3 aromatic rings. The van der Waals surface area contributed by atoms with Crippen LogP contribution in [-0.2, 0) is 19.4 Å². The van der Waals surface area contributed by atoms with Gasteiger partial charge in [0.1, 0.15) is 17.8 Å². The SMILES string of the molecule is CCc1cccc(CC)c1Nc1cc(C(=O)NCc2ccccn2)ncn1. The number of hydrogen-bond acceptors (Lipinski definition) is 5. The Labute approximate surface area is 159 Å². The number of carbonyl (C=O) groups is 1. The highest BCUT2D eigenvalue weighted by Crippen LogP contribution is 2.25. The molecule has 27 heavy (non-hydrogen) atoms. The van der Waals surface area contributed by atoms with Crippen molar-refractivity contribution in [2.24, 2.45) is 0 Å². The zero-order valence-electron chi connectivity index (χ0n) is 15.6. The minimum atomic E-state index is -0.259. The molecule has 0 radical (unpaired) electrons. The van der Waals surface area contributed by atoms with Gasteiger partial charge in [0, 0.05) is 18.0 Å². The summed E-state index contributed by atoms with van der Waals surface area (Å²) in [4.78, 5) is 25.0. The van der Waals surface area contributed by atoms with E-state index < -0.39 is 0 Å². The molecule has 0 aliphatic carbocycles. The number of benzene rings is 1. The van der Waals surface area contributed by atoms with Crippen molar-refractivity contribution in [3.05, 3.63) is 77.5 Å². The summed E-state index contributed by atoms with van der Waals surface area (Å²) < 4.78 is 0. The summed E-state index contributed by atoms with van der Waals surface area (Å²) in [6.45, 7) is 4.60. The molecule has 0 atom stereocenters. The fourth-order valence-corrected chi connectivity index (χ4v) is 2.85. The number of para-hydroxylation sites is 1. The van der Waals surface area contributed by atoms with E-state index in [2.05, 4.69) is 57.6 Å². The second kappa shape index (κ2) is 8.89. The Morgan fingerprint density at radius 1 is 0.963 bits per heavy atom. The number of hydrogen-bond donors (Lipinski definition) is 2. The van der Waals surface area contributed by atoms with Crippen molar-refractivity contribution < 1.29 is 4.79 Å². The van der Waals surface area contributed by atoms with Gasteiger partial charge in [-0.1, -0.05) is 38.1 Å². The van der Waals surface area contributed by atoms with Crippen molar-refractivity contribution in [3.63, 3.8) is 0 Å². The molecular formula is C21H23N5O. The molecule has 138 valence electrons. The van der Waals surface area contributed by atoms with Crippen LogP contribution < -0.4 is 10.6 Å². The van der Waals surface area contributed by atoms with Crippen molar-refractivity contribution >= 4 is 17.4 Å². The number of pyridine rings is 1. The quantitative estimate of drug-likeness (QED) is 0.671. The molecule has 6 heteroatoms. The maximum Gasteiger partial charge on any atom is 0.270 e. The van der Waals surface area contributed by atoms with Gasteiger partial charge in [-0.15, -0.1) is 0 Å². The summed E-state index contributed by atoms with van der Waals surface area (Å²) in [5, 5.41) is 6.20. The molecule has 0 fully saturated rings. The van der Waals surface area contributed by atoms with Crippen molar-refractivity contribution in [2.75, 3.05) is 5.32 Å². The van der Waals surface area contributed by atoms with Crippen LogP contribution in [0.3, 0.4) is 0 Å². The summed E-state index contributed by atoms with van der Waals surface area (Å²) in [5.74, 6) is 0.342. The van der Waals surface area contributed by atoms with Crippen LogP contribution in [-0.4, -0.2) is 20.9 Å². The Bertz CT molecular complexity index is 889. The first-order valence-electron chi connectivity index (χ1n) is 9.09. The predicted molar refractivity (Wildman–Crippen MR) is 106 cm³/mol. The zero-order chi connectivity index (χ0) is 19.1. The molecule has 2 N–H and O–H groups in total. The molecule has 0 aliphatic rings. The van der Waals surface area contributed by atoms with E-state index in [1.807, 2.05) is 18.2 Å². The normalized spacial score (nSPS) is 10.4. The second-order valence-electron chi connectivity index (χ2n) is 6.08. The van der Waals surface area contributed by atoms with Crippen LogP contribution in [0.1, 0.15) is 41.2 Å². The predicted octanol–water partition coefficient (Wildman–Crippen LogP) is 3.67. The van der Waals surface area contributed by atoms with Crippen LogP contribution in [0.25, 0.3) is 0 Å². The molecule has 0 saturated carbocycles. The van der Waals surface area contributed by atoms with E-state index in [0.717, 1.165) is 24.2 Å². The standard InChI is InChI=1S/C21H23N5O/c1-3-15-8-7-9-16(4-2)20(15)26-19-12-18(24-14-25-19)21(27)23-13-17-10-5-6-11-22-17/h5-12,14H,3-4,13H2,1-2H3,(H,23,27)(H,24,25,26). The average molecular weight is 361 g/mol. The monoisotopic (exact) mass is 361 g/mol. The molecule has 0 bridgehead atoms. The largest absolute Gasteiger partial charge is 0.345 e. The van der Waals surface area contributed by atoms with Gasteiger partial charge in [-0.25, -0.2) is 9.97 Å². The van der Waals surface area contributed by atoms with Gasteiger partial charge in [-0.3, -0.25) is 9.78 Å². The highest BCUT2D eigenvalue weighted by Gasteiger charge is 2.11. The fourth-order valence-electron chi connectivity index (χ4n) is 2.85. The number of carbonyl (C=O) groups excluding carboxylic acids is 1. The topological polar surface area (TPSA) is 79.8 Å². The summed E-state index contributed by atoms with van der Waals surface area (Å²) in [6.07, 6.45) is 4.93. The molecule has 1 amide bonds. The first-order valence-corrected chi connectivity index (χ1v) is 9.09. The number of nitrogens with zero attached hydrogens (tertiary/aromatic N) is 3. The van der Waals surface area contributed by atoms with Crippen molar-refractivity contribution in [1.29, 1.82) is 0 Å². The molecule has 6 nitrogen and oxygen atoms in total. The third kappa shape index (κ3) is 4.67. The third-order valence-electron chi connectivity index (χ3n) is 4.31. The van der Waals surface area contributed by atoms with Crippen LogP contribution >= 0.6 is 0 Å². The van der Waals surface area contributed by atoms with Crippen molar-refractivity contribution in [2.45, 2.75) is 33.2 Å². The lowest BCUT2D eigenvalue weighted by Crippen LogP contribution is -2.24. The first-order chi connectivity index (χ1) is 13.2. The molecule has 3 rings (SSSR count). The molecule has 0 spiro atoms. The fraction of sp³-hybridized carbons (Fsp3) is 0.238. The first kappa shape index (κ1) is 18.5. The highest BCUT2D eigenvalue weighted by atomic mass is 16.1. The van der Waals surface area contributed by atoms with E-state index in [9.17, 15) is 4.79 Å². The maximum atomic E-state index is 12.4. The number of aromatic nitrogens is 3. The Morgan fingerprint density at radius 3 is 2.41 bits per heavy atom. The lowest BCUT2D eigenvalue weighted by atomic mass is 10.0. The van der Waals surface area contributed by atoms with E-state index in [4.69, 9.17) is 0 Å². The van der Waals surface area contributed by atoms with Crippen LogP contribution in [0.5, 0.6) is 0 Å². The van der Waals surface area contributed by atoms with Crippen molar-refractivity contribution in [1.82, 2.24) is 20.3 Å². The van der Waals surface area contributed by atoms with Crippen LogP contribution in [0, 0.1) is 0 Å². The molecule has 2 aromatic heterocycles. The zero-order valence-corrected chi connectivity index (χ0v) is 15.6. The molecule has 0 saturated heterocycles. The van der Waals surface area contributed by atoms with Gasteiger partial charge < -0.3 is 10.6 Å². The van der Waals surface area contributed by atoms with Gasteiger partial charge in [-0.05, 0) is 36.1 Å². The van der Waals surface area contributed by atoms with E-state index in [0.29, 0.717) is 18.1 Å². The lowest BCUT2D eigenvalue weighted by Gasteiger charge is -2.15. The van der Waals surface area contributed by atoms with Gasteiger partial charge >= 0.3 is 0 Å². The Balaban J connectivity index is 1.75. The molecule has 0 unspecified atom stereocenters. The Morgan fingerprint density at radius 2 is 1.74 bits per heavy atom. The Kier molecular flexibility index (Phi) is 6.10. The van der Waals surface area contributed by atoms with Gasteiger partial charge in [0.15, 0.2) is 0 Å². The number of nitrogens with one attached hydrogen (secondary N) is 2. The van der Waals surface area contributed by atoms with E-state index >= 15 is 0 Å². The van der Waals surface area contributed by atoms with Crippen LogP contribution in [0.4, 0.5) is 11.5 Å². The third-order valence-corrected chi connectivity index (χ3v) is 4.31. The summed E-state index contributed by atoms with van der Waals surface area (Å²) >= 11 is 0. The van der Waals surface area contributed by atoms with E-state index in [1.165, 1.54) is 17.5 Å². The molecule has 0 aliphatic heterocycles. The van der Waals surface area contributed by atoms with Gasteiger partial charge in [0.2, 0.25) is 0 Å². The number of rotatable bonds is 7. The second-order valence-corrected chi connectivity index (χ2v) is 6.08. The Hall–Kier alpha value is -3.28. The number of aryl methyl sites for hydroxylation is 2. The molecule has 2 heterocycles. The smallest absolute Gasteiger partial charge is 0.270 e. The van der Waals surface area contributed by atoms with E-state index in [1.54, 1.807) is 12.3 Å². The van der Waals surface area contributed by atoms with Gasteiger partial charge in [-0.2, -0.15) is 0 Å². The highest BCUT2D eigenvalue weighted by molar-refractivity contribution is 5.93. The average Bonchev–Trinajstić information content (AvgIpc) is 2.73. The summed E-state index contributed by atoms with van der Waals surface area (Å²) in [5.41, 5.74) is 4.60. The summed E-state index contributed by atoms with van der Waals surface area (Å²) in [6, 6.07) is 13.5. The molecular weight excluding hydrogens is 338 g/mol.